The van der Waals surface area contributed by atoms with Gasteiger partial charge in [0.15, 0.2) is 0 Å². The second-order valence-corrected chi connectivity index (χ2v) is 8.88. The highest BCUT2D eigenvalue weighted by molar-refractivity contribution is 5.69. The smallest absolute Gasteiger partial charge is 0.305 e. The lowest BCUT2D eigenvalue weighted by Crippen LogP contribution is -2.23. The lowest BCUT2D eigenvalue weighted by atomic mass is 9.90. The van der Waals surface area contributed by atoms with Crippen LogP contribution < -0.4 is 0 Å². The lowest BCUT2D eigenvalue weighted by molar-refractivity contribution is -0.148. The monoisotopic (exact) mass is 464 g/mol. The number of fused-ring (bicyclic) bond motifs is 1. The van der Waals surface area contributed by atoms with Crippen LogP contribution in [0.2, 0.25) is 0 Å². The third kappa shape index (κ3) is 9.22. The Balaban J connectivity index is 2.01. The van der Waals surface area contributed by atoms with Crippen molar-refractivity contribution in [1.29, 1.82) is 0 Å². The zero-order valence-corrected chi connectivity index (χ0v) is 20.5. The molecule has 2 fully saturated rings. The minimum absolute atomic E-state index is 0.00688. The molecule has 5 unspecified atom stereocenters. The van der Waals surface area contributed by atoms with Crippen molar-refractivity contribution in [1.82, 2.24) is 0 Å². The Labute approximate surface area is 197 Å². The van der Waals surface area contributed by atoms with Gasteiger partial charge in [0.1, 0.15) is 18.3 Å². The molecule has 0 aromatic carbocycles. The Bertz CT molecular complexity index is 711. The molecule has 0 radical (unpaired) electrons. The van der Waals surface area contributed by atoms with Gasteiger partial charge in [-0.05, 0) is 44.8 Å². The van der Waals surface area contributed by atoms with Gasteiger partial charge in [0.25, 0.3) is 0 Å². The van der Waals surface area contributed by atoms with E-state index >= 15 is 0 Å². The van der Waals surface area contributed by atoms with E-state index in [1.165, 1.54) is 13.8 Å². The summed E-state index contributed by atoms with van der Waals surface area (Å²) in [6, 6.07) is 0. The molecule has 0 N–H and O–H groups in total. The number of ether oxygens (including phenoxy) is 4. The molecule has 1 aliphatic carbocycles. The maximum Gasteiger partial charge on any atom is 0.305 e. The van der Waals surface area contributed by atoms with E-state index in [4.69, 9.17) is 18.9 Å². The highest BCUT2D eigenvalue weighted by Crippen LogP contribution is 2.46. The van der Waals surface area contributed by atoms with Crippen LogP contribution in [0.4, 0.5) is 0 Å². The molecule has 1 aliphatic heterocycles. The van der Waals surface area contributed by atoms with Crippen LogP contribution in [0.25, 0.3) is 0 Å². The van der Waals surface area contributed by atoms with Crippen molar-refractivity contribution in [3.8, 4) is 0 Å². The molecular formula is C26H40O7. The molecule has 1 saturated heterocycles. The quantitative estimate of drug-likeness (QED) is 0.163. The van der Waals surface area contributed by atoms with E-state index in [-0.39, 0.29) is 48.1 Å². The molecule has 2 rings (SSSR count). The van der Waals surface area contributed by atoms with Crippen LogP contribution in [0.15, 0.2) is 24.0 Å². The zero-order chi connectivity index (χ0) is 24.2. The molecule has 0 aromatic heterocycles. The maximum atomic E-state index is 11.7. The standard InChI is InChI=1S/C26H40O7/c1-5-7-8-11-20(31-18(3)27)14-15-22-23-16-21(12-9-10-13-26(29)30-6-2)33-25(23)17-24(22)32-19(4)28/h12,14-15,20,22-25H,5-11,13,16-17H2,1-4H3. The topological polar surface area (TPSA) is 88.1 Å². The molecule has 0 aromatic rings. The Morgan fingerprint density at radius 3 is 2.58 bits per heavy atom. The third-order valence-electron chi connectivity index (χ3n) is 6.14. The minimum atomic E-state index is -0.299. The van der Waals surface area contributed by atoms with E-state index in [0.29, 0.717) is 19.4 Å². The second kappa shape index (κ2) is 14.1. The summed E-state index contributed by atoms with van der Waals surface area (Å²) in [7, 11) is 0. The summed E-state index contributed by atoms with van der Waals surface area (Å²) < 4.78 is 22.2. The number of rotatable bonds is 13. The number of carbonyl (C=O) groups excluding carboxylic acids is 3. The predicted octanol–water partition coefficient (Wildman–Crippen LogP) is 5.03. The van der Waals surface area contributed by atoms with Crippen LogP contribution in [0, 0.1) is 11.8 Å². The largest absolute Gasteiger partial charge is 0.495 e. The first kappa shape index (κ1) is 26.9. The highest BCUT2D eigenvalue weighted by Gasteiger charge is 2.49. The molecule has 5 atom stereocenters. The van der Waals surface area contributed by atoms with E-state index in [2.05, 4.69) is 19.1 Å². The molecule has 7 heteroatoms. The van der Waals surface area contributed by atoms with Crippen molar-refractivity contribution in [3.05, 3.63) is 24.0 Å². The van der Waals surface area contributed by atoms with E-state index in [9.17, 15) is 14.4 Å². The summed E-state index contributed by atoms with van der Waals surface area (Å²) in [4.78, 5) is 34.7. The lowest BCUT2D eigenvalue weighted by Gasteiger charge is -2.21. The van der Waals surface area contributed by atoms with Crippen molar-refractivity contribution < 1.29 is 33.3 Å². The van der Waals surface area contributed by atoms with Crippen molar-refractivity contribution >= 4 is 17.9 Å². The first-order chi connectivity index (χ1) is 15.8. The second-order valence-electron chi connectivity index (χ2n) is 8.88. The summed E-state index contributed by atoms with van der Waals surface area (Å²) in [5.41, 5.74) is 0. The van der Waals surface area contributed by atoms with Gasteiger partial charge in [0.2, 0.25) is 0 Å². The molecule has 7 nitrogen and oxygen atoms in total. The van der Waals surface area contributed by atoms with Crippen molar-refractivity contribution in [2.24, 2.45) is 11.8 Å². The Morgan fingerprint density at radius 2 is 1.91 bits per heavy atom. The van der Waals surface area contributed by atoms with Crippen LogP contribution in [0.5, 0.6) is 0 Å². The van der Waals surface area contributed by atoms with Gasteiger partial charge in [-0.2, -0.15) is 0 Å². The summed E-state index contributed by atoms with van der Waals surface area (Å²) in [6.45, 7) is 7.20. The number of unbranched alkanes of at least 4 members (excludes halogenated alkanes) is 3. The molecule has 0 amide bonds. The van der Waals surface area contributed by atoms with Crippen LogP contribution in [-0.2, 0) is 33.3 Å². The van der Waals surface area contributed by atoms with E-state index in [0.717, 1.165) is 50.7 Å². The van der Waals surface area contributed by atoms with Crippen molar-refractivity contribution in [3.63, 3.8) is 0 Å². The molecule has 1 heterocycles. The number of allylic oxidation sites excluding steroid dienone is 2. The highest BCUT2D eigenvalue weighted by atomic mass is 16.6. The molecule has 0 spiro atoms. The number of hydrogen-bond acceptors (Lipinski definition) is 7. The first-order valence-electron chi connectivity index (χ1n) is 12.4. The maximum absolute atomic E-state index is 11.7. The van der Waals surface area contributed by atoms with Gasteiger partial charge in [-0.25, -0.2) is 0 Å². The normalized spacial score (nSPS) is 26.1. The van der Waals surface area contributed by atoms with Crippen molar-refractivity contribution in [2.45, 2.75) is 104 Å². The average molecular weight is 465 g/mol. The predicted molar refractivity (Wildman–Crippen MR) is 124 cm³/mol. The van der Waals surface area contributed by atoms with Gasteiger partial charge in [0.05, 0.1) is 12.4 Å². The molecular weight excluding hydrogens is 424 g/mol. The fraction of sp³-hybridized carbons (Fsp3) is 0.731. The molecule has 1 saturated carbocycles. The van der Waals surface area contributed by atoms with Gasteiger partial charge < -0.3 is 18.9 Å². The van der Waals surface area contributed by atoms with Gasteiger partial charge in [-0.15, -0.1) is 0 Å². The summed E-state index contributed by atoms with van der Waals surface area (Å²) >= 11 is 0. The minimum Gasteiger partial charge on any atom is -0.495 e. The molecule has 186 valence electrons. The van der Waals surface area contributed by atoms with Gasteiger partial charge in [0, 0.05) is 44.9 Å². The van der Waals surface area contributed by atoms with E-state index in [1.807, 2.05) is 6.08 Å². The van der Waals surface area contributed by atoms with Crippen LogP contribution in [0.1, 0.15) is 85.5 Å². The summed E-state index contributed by atoms with van der Waals surface area (Å²) in [6.07, 6.45) is 12.8. The first-order valence-corrected chi connectivity index (χ1v) is 12.4. The molecule has 33 heavy (non-hydrogen) atoms. The van der Waals surface area contributed by atoms with E-state index < -0.39 is 0 Å². The zero-order valence-electron chi connectivity index (χ0n) is 20.5. The fourth-order valence-corrected chi connectivity index (χ4v) is 4.70. The van der Waals surface area contributed by atoms with Crippen LogP contribution >= 0.6 is 0 Å². The molecule has 2 aliphatic rings. The van der Waals surface area contributed by atoms with Gasteiger partial charge >= 0.3 is 17.9 Å². The van der Waals surface area contributed by atoms with Gasteiger partial charge in [-0.1, -0.05) is 25.8 Å². The Hall–Kier alpha value is -2.31. The summed E-state index contributed by atoms with van der Waals surface area (Å²) in [5, 5.41) is 0. The number of hydrogen-bond donors (Lipinski definition) is 0. The van der Waals surface area contributed by atoms with Crippen LogP contribution in [0.3, 0.4) is 0 Å². The SMILES string of the molecule is CCCCCC(C=CC1C(OC(C)=O)CC2OC(=CCCCC(=O)OCC)CC21)OC(C)=O. The van der Waals surface area contributed by atoms with Crippen LogP contribution in [-0.4, -0.2) is 42.8 Å². The Kier molecular flexibility index (Phi) is 11.5. The molecule has 0 bridgehead atoms. The summed E-state index contributed by atoms with van der Waals surface area (Å²) in [5.74, 6) is 0.389. The van der Waals surface area contributed by atoms with E-state index in [1.54, 1.807) is 6.92 Å². The fourth-order valence-electron chi connectivity index (χ4n) is 4.70. The average Bonchev–Trinajstić information content (AvgIpc) is 3.26. The Morgan fingerprint density at radius 1 is 1.12 bits per heavy atom. The third-order valence-corrected chi connectivity index (χ3v) is 6.14. The van der Waals surface area contributed by atoms with Gasteiger partial charge in [-0.3, -0.25) is 14.4 Å². The number of carbonyl (C=O) groups is 3. The van der Waals surface area contributed by atoms with Crippen molar-refractivity contribution in [2.75, 3.05) is 6.61 Å². The number of esters is 3.